The first-order chi connectivity index (χ1) is 13.9. The van der Waals surface area contributed by atoms with Crippen molar-refractivity contribution in [2.45, 2.75) is 45.3 Å². The van der Waals surface area contributed by atoms with Crippen molar-refractivity contribution in [2.24, 2.45) is 0 Å². The Morgan fingerprint density at radius 2 is 1.66 bits per heavy atom. The maximum absolute atomic E-state index is 12.6. The molecule has 2 aromatic rings. The molecule has 0 spiro atoms. The summed E-state index contributed by atoms with van der Waals surface area (Å²) < 4.78 is 2.49. The van der Waals surface area contributed by atoms with E-state index in [1.54, 1.807) is 36.1 Å². The van der Waals surface area contributed by atoms with Gasteiger partial charge in [0, 0.05) is 19.6 Å². The second-order valence-corrected chi connectivity index (χ2v) is 7.26. The zero-order valence-electron chi connectivity index (χ0n) is 16.6. The van der Waals surface area contributed by atoms with Crippen LogP contribution in [0.3, 0.4) is 0 Å². The quantitative estimate of drug-likeness (QED) is 0.577. The minimum atomic E-state index is -0.782. The number of fused-ring (bicyclic) bond motifs is 1. The lowest BCUT2D eigenvalue weighted by Gasteiger charge is -2.29. The van der Waals surface area contributed by atoms with Gasteiger partial charge in [-0.2, -0.15) is 0 Å². The van der Waals surface area contributed by atoms with E-state index in [1.807, 2.05) is 0 Å². The van der Waals surface area contributed by atoms with Crippen molar-refractivity contribution in [3.63, 3.8) is 0 Å². The predicted molar refractivity (Wildman–Crippen MR) is 111 cm³/mol. The van der Waals surface area contributed by atoms with E-state index < -0.39 is 23.1 Å². The fourth-order valence-electron chi connectivity index (χ4n) is 3.72. The van der Waals surface area contributed by atoms with Crippen LogP contribution in [0.4, 0.5) is 0 Å². The van der Waals surface area contributed by atoms with Crippen LogP contribution in [-0.2, 0) is 22.7 Å². The molecule has 1 aliphatic heterocycles. The Morgan fingerprint density at radius 1 is 1.07 bits per heavy atom. The highest BCUT2D eigenvalue weighted by molar-refractivity contribution is 5.88. The molecule has 154 valence electrons. The van der Waals surface area contributed by atoms with E-state index >= 15 is 0 Å². The molecule has 1 saturated heterocycles. The van der Waals surface area contributed by atoms with E-state index in [1.165, 1.54) is 10.6 Å². The zero-order chi connectivity index (χ0) is 21.0. The van der Waals surface area contributed by atoms with Gasteiger partial charge >= 0.3 is 11.1 Å². The number of amides is 2. The number of benzene rings is 1. The molecular weight excluding hydrogens is 372 g/mol. The lowest BCUT2D eigenvalue weighted by atomic mass is 10.1. The molecule has 1 fully saturated rings. The van der Waals surface area contributed by atoms with E-state index in [2.05, 4.69) is 11.9 Å². The number of para-hydroxylation sites is 2. The second kappa shape index (κ2) is 8.89. The molecule has 29 heavy (non-hydrogen) atoms. The van der Waals surface area contributed by atoms with Gasteiger partial charge in [-0.1, -0.05) is 18.2 Å². The van der Waals surface area contributed by atoms with Gasteiger partial charge in [0.1, 0.15) is 12.6 Å². The number of likely N-dealkylation sites (tertiary alicyclic amines) is 1. The van der Waals surface area contributed by atoms with Gasteiger partial charge in [-0.3, -0.25) is 28.3 Å². The third-order valence-corrected chi connectivity index (χ3v) is 5.17. The smallest absolute Gasteiger partial charge is 0.317 e. The number of carbonyl (C=O) groups excluding carboxylic acids is 2. The number of aromatic nitrogens is 2. The number of nitrogens with zero attached hydrogens (tertiary/aromatic N) is 3. The average molecular weight is 398 g/mol. The first-order valence-corrected chi connectivity index (χ1v) is 9.85. The van der Waals surface area contributed by atoms with Gasteiger partial charge in [0.05, 0.1) is 11.0 Å². The van der Waals surface area contributed by atoms with Gasteiger partial charge in [-0.15, -0.1) is 6.58 Å². The summed E-state index contributed by atoms with van der Waals surface area (Å²) in [5.74, 6) is -0.618. The highest BCUT2D eigenvalue weighted by Gasteiger charge is 2.24. The Hall–Kier alpha value is -3.16. The van der Waals surface area contributed by atoms with Crippen LogP contribution in [0.5, 0.6) is 0 Å². The molecule has 1 N–H and O–H groups in total. The van der Waals surface area contributed by atoms with Crippen LogP contribution in [-0.4, -0.2) is 45.0 Å². The normalized spacial score (nSPS) is 15.1. The Bertz CT molecular complexity index is 1050. The maximum atomic E-state index is 12.6. The number of rotatable bonds is 6. The van der Waals surface area contributed by atoms with Gasteiger partial charge in [0.2, 0.25) is 11.8 Å². The summed E-state index contributed by atoms with van der Waals surface area (Å²) in [4.78, 5) is 52.0. The summed E-state index contributed by atoms with van der Waals surface area (Å²) in [6.45, 7) is 6.52. The van der Waals surface area contributed by atoms with E-state index in [4.69, 9.17) is 0 Å². The minimum absolute atomic E-state index is 0.128. The Labute approximate surface area is 168 Å². The largest absolute Gasteiger partial charge is 0.343 e. The maximum Gasteiger partial charge on any atom is 0.317 e. The van der Waals surface area contributed by atoms with E-state index in [0.29, 0.717) is 24.1 Å². The summed E-state index contributed by atoms with van der Waals surface area (Å²) in [6, 6.07) is 6.21. The molecule has 1 aromatic heterocycles. The highest BCUT2D eigenvalue weighted by Crippen LogP contribution is 2.11. The first kappa shape index (κ1) is 20.6. The standard InChI is InChI=1S/C21H26N4O4/c1-3-11-24-16-9-5-6-10-17(16)25(21(29)20(24)28)14-18(26)22-15(2)19(27)23-12-7-4-8-13-23/h3,5-6,9-10,15H,1,4,7-8,11-14H2,2H3,(H,22,26)/t15-/m0/s1. The van der Waals surface area contributed by atoms with Crippen LogP contribution in [0.2, 0.25) is 0 Å². The number of hydrogen-bond donors (Lipinski definition) is 1. The molecule has 1 aliphatic rings. The molecule has 0 saturated carbocycles. The van der Waals surface area contributed by atoms with Crippen molar-refractivity contribution in [1.29, 1.82) is 0 Å². The molecule has 0 unspecified atom stereocenters. The van der Waals surface area contributed by atoms with Crippen molar-refractivity contribution in [2.75, 3.05) is 13.1 Å². The third-order valence-electron chi connectivity index (χ3n) is 5.17. The molecule has 0 bridgehead atoms. The van der Waals surface area contributed by atoms with Crippen LogP contribution in [0, 0.1) is 0 Å². The van der Waals surface area contributed by atoms with Crippen LogP contribution < -0.4 is 16.4 Å². The molecule has 3 rings (SSSR count). The molecular formula is C21H26N4O4. The van der Waals surface area contributed by atoms with Crippen molar-refractivity contribution in [1.82, 2.24) is 19.4 Å². The molecule has 2 heterocycles. The molecule has 0 radical (unpaired) electrons. The first-order valence-electron chi connectivity index (χ1n) is 9.85. The number of allylic oxidation sites excluding steroid dienone is 1. The summed E-state index contributed by atoms with van der Waals surface area (Å²) in [5.41, 5.74) is -0.476. The van der Waals surface area contributed by atoms with Gasteiger partial charge < -0.3 is 10.2 Å². The average Bonchev–Trinajstić information content (AvgIpc) is 2.74. The molecule has 1 aromatic carbocycles. The summed E-state index contributed by atoms with van der Waals surface area (Å²) in [6.07, 6.45) is 4.58. The van der Waals surface area contributed by atoms with Crippen LogP contribution in [0.25, 0.3) is 11.0 Å². The van der Waals surface area contributed by atoms with Gasteiger partial charge in [-0.25, -0.2) is 0 Å². The van der Waals surface area contributed by atoms with E-state index in [0.717, 1.165) is 23.8 Å². The zero-order valence-corrected chi connectivity index (χ0v) is 16.6. The Morgan fingerprint density at radius 3 is 2.28 bits per heavy atom. The monoisotopic (exact) mass is 398 g/mol. The minimum Gasteiger partial charge on any atom is -0.343 e. The van der Waals surface area contributed by atoms with Gasteiger partial charge in [0.15, 0.2) is 0 Å². The number of hydrogen-bond acceptors (Lipinski definition) is 4. The predicted octanol–water partition coefficient (Wildman–Crippen LogP) is 0.866. The summed E-state index contributed by atoms with van der Waals surface area (Å²) >= 11 is 0. The fraction of sp³-hybridized carbons (Fsp3) is 0.429. The van der Waals surface area contributed by atoms with Crippen molar-refractivity contribution in [3.8, 4) is 0 Å². The summed E-state index contributed by atoms with van der Waals surface area (Å²) in [7, 11) is 0. The molecule has 8 heteroatoms. The van der Waals surface area contributed by atoms with Crippen LogP contribution in [0.15, 0.2) is 46.5 Å². The highest BCUT2D eigenvalue weighted by atomic mass is 16.2. The number of carbonyl (C=O) groups is 2. The van der Waals surface area contributed by atoms with E-state index in [9.17, 15) is 19.2 Å². The molecule has 1 atom stereocenters. The van der Waals surface area contributed by atoms with Crippen molar-refractivity contribution < 1.29 is 9.59 Å². The number of piperidine rings is 1. The summed E-state index contributed by atoms with van der Waals surface area (Å²) in [5, 5.41) is 2.66. The Kier molecular flexibility index (Phi) is 6.31. The fourth-order valence-corrected chi connectivity index (χ4v) is 3.72. The van der Waals surface area contributed by atoms with Crippen LogP contribution in [0.1, 0.15) is 26.2 Å². The molecule has 8 nitrogen and oxygen atoms in total. The number of nitrogens with one attached hydrogen (secondary N) is 1. The second-order valence-electron chi connectivity index (χ2n) is 7.26. The third kappa shape index (κ3) is 4.31. The van der Waals surface area contributed by atoms with E-state index in [-0.39, 0.29) is 19.0 Å². The van der Waals surface area contributed by atoms with Gasteiger partial charge in [0.25, 0.3) is 0 Å². The topological polar surface area (TPSA) is 93.4 Å². The molecule has 2 amide bonds. The molecule has 0 aliphatic carbocycles. The Balaban J connectivity index is 1.83. The van der Waals surface area contributed by atoms with Crippen molar-refractivity contribution in [3.05, 3.63) is 57.6 Å². The SMILES string of the molecule is C=CCn1c(=O)c(=O)n(CC(=O)N[C@@H](C)C(=O)N2CCCCC2)c2ccccc21. The lowest BCUT2D eigenvalue weighted by molar-refractivity contribution is -0.136. The lowest BCUT2D eigenvalue weighted by Crippen LogP contribution is -2.50. The van der Waals surface area contributed by atoms with Gasteiger partial charge in [-0.05, 0) is 38.3 Å². The van der Waals surface area contributed by atoms with Crippen LogP contribution >= 0.6 is 0 Å². The van der Waals surface area contributed by atoms with Crippen molar-refractivity contribution >= 4 is 22.8 Å².